The van der Waals surface area contributed by atoms with E-state index in [1.54, 1.807) is 7.11 Å². The van der Waals surface area contributed by atoms with Crippen LogP contribution in [0.1, 0.15) is 36.9 Å². The fraction of sp³-hybridized carbons (Fsp3) is 0.556. The highest BCUT2D eigenvalue weighted by Crippen LogP contribution is 2.51. The van der Waals surface area contributed by atoms with E-state index in [-0.39, 0.29) is 24.7 Å². The van der Waals surface area contributed by atoms with Crippen LogP contribution in [0.3, 0.4) is 0 Å². The summed E-state index contributed by atoms with van der Waals surface area (Å²) in [5.41, 5.74) is 5.75. The first-order valence-electron chi connectivity index (χ1n) is 8.71. The Labute approximate surface area is 146 Å². The molecule has 3 aliphatic rings. The van der Waals surface area contributed by atoms with E-state index in [0.29, 0.717) is 11.5 Å². The highest BCUT2D eigenvalue weighted by molar-refractivity contribution is 6.08. The molecule has 4 rings (SSSR count). The zero-order chi connectivity index (χ0) is 17.6. The zero-order valence-corrected chi connectivity index (χ0v) is 14.8. The Morgan fingerprint density at radius 2 is 2.28 bits per heavy atom. The summed E-state index contributed by atoms with van der Waals surface area (Å²) in [6.07, 6.45) is 2.63. The summed E-state index contributed by atoms with van der Waals surface area (Å²) in [5.74, 6) is 1.68. The number of hydrazone groups is 1. The topological polar surface area (TPSA) is 72.4 Å². The number of benzene rings is 1. The first kappa shape index (κ1) is 16.2. The molecule has 0 aliphatic carbocycles. The number of likely N-dealkylation sites (N-methyl/N-ethyl adjacent to an activating group) is 1. The quantitative estimate of drug-likeness (QED) is 0.902. The standard InChI is InChI=1S/C18H23N3O4/c1-4-5-11-14(18(22)20-19-11)15-13-10(6-7-21(15)2)8-12-16(17(13)23-3)25-9-24-12/h8,14-15H,4-7,9H2,1-3H3,(H,20,22). The average molecular weight is 345 g/mol. The third kappa shape index (κ3) is 2.45. The molecule has 0 aromatic heterocycles. The summed E-state index contributed by atoms with van der Waals surface area (Å²) in [6.45, 7) is 3.16. The molecule has 3 aliphatic heterocycles. The SMILES string of the molecule is CCCC1=NNC(=O)C1C1c2c(cc3c(c2OC)OCO3)CCN1C. The van der Waals surface area contributed by atoms with Gasteiger partial charge < -0.3 is 14.2 Å². The number of nitrogens with one attached hydrogen (secondary N) is 1. The van der Waals surface area contributed by atoms with Crippen molar-refractivity contribution in [3.8, 4) is 17.2 Å². The van der Waals surface area contributed by atoms with E-state index < -0.39 is 0 Å². The molecule has 1 amide bonds. The van der Waals surface area contributed by atoms with Crippen LogP contribution in [0.15, 0.2) is 11.2 Å². The summed E-state index contributed by atoms with van der Waals surface area (Å²) in [6, 6.07) is 1.91. The molecule has 3 heterocycles. The number of methoxy groups -OCH3 is 1. The third-order valence-corrected chi connectivity index (χ3v) is 5.23. The molecule has 0 radical (unpaired) electrons. The Morgan fingerprint density at radius 1 is 1.44 bits per heavy atom. The lowest BCUT2D eigenvalue weighted by Gasteiger charge is -2.38. The van der Waals surface area contributed by atoms with Crippen LogP contribution >= 0.6 is 0 Å². The van der Waals surface area contributed by atoms with E-state index in [2.05, 4.69) is 22.4 Å². The van der Waals surface area contributed by atoms with Crippen molar-refractivity contribution in [1.29, 1.82) is 0 Å². The predicted molar refractivity (Wildman–Crippen MR) is 92.2 cm³/mol. The lowest BCUT2D eigenvalue weighted by atomic mass is 9.80. The van der Waals surface area contributed by atoms with E-state index in [1.807, 2.05) is 13.1 Å². The molecule has 2 unspecified atom stereocenters. The Morgan fingerprint density at radius 3 is 3.04 bits per heavy atom. The van der Waals surface area contributed by atoms with Gasteiger partial charge in [0.05, 0.1) is 24.8 Å². The van der Waals surface area contributed by atoms with Gasteiger partial charge in [0.25, 0.3) is 5.91 Å². The van der Waals surface area contributed by atoms with Crippen LogP contribution in [0, 0.1) is 5.92 Å². The van der Waals surface area contributed by atoms with E-state index in [0.717, 1.165) is 48.4 Å². The van der Waals surface area contributed by atoms with Crippen molar-refractivity contribution in [2.45, 2.75) is 32.2 Å². The second-order valence-corrected chi connectivity index (χ2v) is 6.70. The molecule has 7 heteroatoms. The van der Waals surface area contributed by atoms with Crippen molar-refractivity contribution >= 4 is 11.6 Å². The average Bonchev–Trinajstić information content (AvgIpc) is 3.21. The first-order valence-corrected chi connectivity index (χ1v) is 8.71. The second-order valence-electron chi connectivity index (χ2n) is 6.70. The van der Waals surface area contributed by atoms with Crippen molar-refractivity contribution in [1.82, 2.24) is 10.3 Å². The number of amides is 1. The van der Waals surface area contributed by atoms with Crippen LogP contribution in [0.4, 0.5) is 0 Å². The summed E-state index contributed by atoms with van der Waals surface area (Å²) < 4.78 is 16.9. The molecule has 2 atom stereocenters. The van der Waals surface area contributed by atoms with Gasteiger partial charge in [-0.3, -0.25) is 9.69 Å². The van der Waals surface area contributed by atoms with Crippen LogP contribution < -0.4 is 19.6 Å². The molecule has 0 saturated heterocycles. The second kappa shape index (κ2) is 6.22. The van der Waals surface area contributed by atoms with Gasteiger partial charge in [0.15, 0.2) is 11.5 Å². The van der Waals surface area contributed by atoms with Gasteiger partial charge in [-0.2, -0.15) is 5.10 Å². The fourth-order valence-electron chi connectivity index (χ4n) is 4.10. The summed E-state index contributed by atoms with van der Waals surface area (Å²) in [4.78, 5) is 14.8. The molecule has 0 fully saturated rings. The maximum absolute atomic E-state index is 12.6. The maximum atomic E-state index is 12.6. The number of nitrogens with zero attached hydrogens (tertiary/aromatic N) is 2. The molecule has 0 saturated carbocycles. The van der Waals surface area contributed by atoms with Gasteiger partial charge in [-0.15, -0.1) is 0 Å². The van der Waals surface area contributed by atoms with Crippen molar-refractivity contribution in [2.24, 2.45) is 11.0 Å². The van der Waals surface area contributed by atoms with Crippen molar-refractivity contribution < 1.29 is 19.0 Å². The first-order chi connectivity index (χ1) is 12.2. The number of carbonyl (C=O) groups excluding carboxylic acids is 1. The summed E-state index contributed by atoms with van der Waals surface area (Å²) in [5, 5.41) is 4.29. The largest absolute Gasteiger partial charge is 0.492 e. The van der Waals surface area contributed by atoms with E-state index in [1.165, 1.54) is 0 Å². The zero-order valence-electron chi connectivity index (χ0n) is 14.8. The minimum Gasteiger partial charge on any atom is -0.492 e. The number of hydrogen-bond donors (Lipinski definition) is 1. The molecule has 1 aromatic carbocycles. The predicted octanol–water partition coefficient (Wildman–Crippen LogP) is 1.85. The Kier molecular flexibility index (Phi) is 4.03. The maximum Gasteiger partial charge on any atom is 0.250 e. The fourth-order valence-corrected chi connectivity index (χ4v) is 4.10. The molecule has 1 N–H and O–H groups in total. The molecule has 134 valence electrons. The highest BCUT2D eigenvalue weighted by atomic mass is 16.7. The lowest BCUT2D eigenvalue weighted by Crippen LogP contribution is -2.42. The lowest BCUT2D eigenvalue weighted by molar-refractivity contribution is -0.123. The number of hydrogen-bond acceptors (Lipinski definition) is 6. The van der Waals surface area contributed by atoms with Gasteiger partial charge in [-0.1, -0.05) is 13.3 Å². The number of ether oxygens (including phenoxy) is 3. The number of rotatable bonds is 4. The third-order valence-electron chi connectivity index (χ3n) is 5.23. The van der Waals surface area contributed by atoms with Gasteiger partial charge in [0.1, 0.15) is 0 Å². The van der Waals surface area contributed by atoms with Gasteiger partial charge >= 0.3 is 0 Å². The van der Waals surface area contributed by atoms with E-state index in [9.17, 15) is 4.79 Å². The normalized spacial score (nSPS) is 24.8. The van der Waals surface area contributed by atoms with Crippen LogP contribution in [0.25, 0.3) is 0 Å². The van der Waals surface area contributed by atoms with E-state index >= 15 is 0 Å². The molecule has 0 bridgehead atoms. The molecule has 1 aromatic rings. The van der Waals surface area contributed by atoms with Crippen LogP contribution in [0.2, 0.25) is 0 Å². The molecule has 25 heavy (non-hydrogen) atoms. The monoisotopic (exact) mass is 345 g/mol. The van der Waals surface area contributed by atoms with Crippen molar-refractivity contribution in [3.63, 3.8) is 0 Å². The minimum absolute atomic E-state index is 0.0483. The van der Waals surface area contributed by atoms with Gasteiger partial charge in [-0.05, 0) is 31.5 Å². The van der Waals surface area contributed by atoms with Gasteiger partial charge in [0.2, 0.25) is 12.5 Å². The number of fused-ring (bicyclic) bond motifs is 2. The van der Waals surface area contributed by atoms with E-state index in [4.69, 9.17) is 14.2 Å². The smallest absolute Gasteiger partial charge is 0.250 e. The summed E-state index contributed by atoms with van der Waals surface area (Å²) in [7, 11) is 3.69. The van der Waals surface area contributed by atoms with Crippen LogP contribution in [0.5, 0.6) is 17.2 Å². The molecule has 0 spiro atoms. The molecular weight excluding hydrogens is 322 g/mol. The van der Waals surface area contributed by atoms with Crippen molar-refractivity contribution in [2.75, 3.05) is 27.5 Å². The van der Waals surface area contributed by atoms with Gasteiger partial charge in [0, 0.05) is 12.1 Å². The van der Waals surface area contributed by atoms with Gasteiger partial charge in [-0.25, -0.2) is 5.43 Å². The number of carbonyl (C=O) groups is 1. The van der Waals surface area contributed by atoms with Crippen molar-refractivity contribution in [3.05, 3.63) is 17.2 Å². The Balaban J connectivity index is 1.85. The molecule has 7 nitrogen and oxygen atoms in total. The highest BCUT2D eigenvalue weighted by Gasteiger charge is 2.44. The summed E-state index contributed by atoms with van der Waals surface area (Å²) >= 11 is 0. The Hall–Kier alpha value is -2.28. The minimum atomic E-state index is -0.307. The Bertz CT molecular complexity index is 746. The molecular formula is C18H23N3O4. The van der Waals surface area contributed by atoms with Crippen LogP contribution in [-0.4, -0.2) is 44.0 Å². The van der Waals surface area contributed by atoms with Crippen LogP contribution in [-0.2, 0) is 11.2 Å².